The van der Waals surface area contributed by atoms with E-state index in [1.165, 1.54) is 19.3 Å². The van der Waals surface area contributed by atoms with Crippen molar-refractivity contribution < 1.29 is 4.79 Å². The van der Waals surface area contributed by atoms with E-state index in [-0.39, 0.29) is 5.92 Å². The third kappa shape index (κ3) is 3.46. The summed E-state index contributed by atoms with van der Waals surface area (Å²) in [5, 5.41) is 0.733. The van der Waals surface area contributed by atoms with E-state index in [1.54, 1.807) is 12.4 Å². The first kappa shape index (κ1) is 15.0. The van der Waals surface area contributed by atoms with Crippen molar-refractivity contribution in [3.63, 3.8) is 0 Å². The van der Waals surface area contributed by atoms with Crippen LogP contribution in [0.25, 0.3) is 0 Å². The quantitative estimate of drug-likeness (QED) is 0.850. The van der Waals surface area contributed by atoms with Crippen LogP contribution in [0.5, 0.6) is 0 Å². The molecule has 1 saturated heterocycles. The number of halogens is 1. The number of hydrogen-bond acceptors (Lipinski definition) is 3. The fraction of sp³-hybridized carbons (Fsp3) is 0.647. The van der Waals surface area contributed by atoms with E-state index in [1.807, 2.05) is 6.07 Å². The standard InChI is InChI=1S/C17H23ClN2O/c18-15-11-19-9-8-13(15)12-20-10-4-3-6-16(20)14-5-1-2-7-17(14)21/h8-9,11,14,16H,1-7,10,12H2. The molecule has 1 aliphatic heterocycles. The Hall–Kier alpha value is -0.930. The minimum Gasteiger partial charge on any atom is -0.299 e. The van der Waals surface area contributed by atoms with Gasteiger partial charge < -0.3 is 0 Å². The van der Waals surface area contributed by atoms with Crippen LogP contribution in [0.2, 0.25) is 5.02 Å². The van der Waals surface area contributed by atoms with Gasteiger partial charge in [0, 0.05) is 37.3 Å². The highest BCUT2D eigenvalue weighted by Crippen LogP contribution is 2.33. The number of carbonyl (C=O) groups is 1. The van der Waals surface area contributed by atoms with Gasteiger partial charge in [0.05, 0.1) is 5.02 Å². The Balaban J connectivity index is 1.75. The summed E-state index contributed by atoms with van der Waals surface area (Å²) in [4.78, 5) is 18.8. The summed E-state index contributed by atoms with van der Waals surface area (Å²) in [6.07, 6.45) is 11.3. The molecule has 114 valence electrons. The van der Waals surface area contributed by atoms with Gasteiger partial charge in [-0.1, -0.05) is 24.4 Å². The molecule has 2 aliphatic rings. The molecule has 2 heterocycles. The summed E-state index contributed by atoms with van der Waals surface area (Å²) in [6, 6.07) is 2.41. The molecule has 2 unspecified atom stereocenters. The number of ketones is 1. The van der Waals surface area contributed by atoms with Gasteiger partial charge >= 0.3 is 0 Å². The van der Waals surface area contributed by atoms with Crippen LogP contribution in [-0.2, 0) is 11.3 Å². The number of nitrogens with zero attached hydrogens (tertiary/aromatic N) is 2. The monoisotopic (exact) mass is 306 g/mol. The largest absolute Gasteiger partial charge is 0.299 e. The molecule has 0 amide bonds. The van der Waals surface area contributed by atoms with Gasteiger partial charge in [-0.15, -0.1) is 0 Å². The molecule has 2 fully saturated rings. The predicted molar refractivity (Wildman–Crippen MR) is 84.3 cm³/mol. The first-order chi connectivity index (χ1) is 10.3. The zero-order chi connectivity index (χ0) is 14.7. The van der Waals surface area contributed by atoms with E-state index in [0.29, 0.717) is 11.8 Å². The SMILES string of the molecule is O=C1CCCCC1C1CCCCN1Cc1ccncc1Cl. The van der Waals surface area contributed by atoms with Crippen molar-refractivity contribution in [3.8, 4) is 0 Å². The molecule has 0 N–H and O–H groups in total. The summed E-state index contributed by atoms with van der Waals surface area (Å²) in [6.45, 7) is 1.92. The van der Waals surface area contributed by atoms with E-state index in [2.05, 4.69) is 9.88 Å². The molecule has 0 bridgehead atoms. The number of piperidine rings is 1. The lowest BCUT2D eigenvalue weighted by molar-refractivity contribution is -0.127. The van der Waals surface area contributed by atoms with Crippen molar-refractivity contribution in [2.45, 2.75) is 57.5 Å². The second-order valence-corrected chi connectivity index (χ2v) is 6.73. The Kier molecular flexibility index (Phi) is 4.91. The molecule has 1 saturated carbocycles. The van der Waals surface area contributed by atoms with Crippen LogP contribution in [0.15, 0.2) is 18.5 Å². The number of hydrogen-bond donors (Lipinski definition) is 0. The zero-order valence-corrected chi connectivity index (χ0v) is 13.2. The van der Waals surface area contributed by atoms with Crippen LogP contribution in [0.4, 0.5) is 0 Å². The number of Topliss-reactive ketones (excluding diaryl/α,β-unsaturated/α-hetero) is 1. The number of likely N-dealkylation sites (tertiary alicyclic amines) is 1. The van der Waals surface area contributed by atoms with Crippen LogP contribution < -0.4 is 0 Å². The maximum Gasteiger partial charge on any atom is 0.137 e. The fourth-order valence-electron chi connectivity index (χ4n) is 3.84. The van der Waals surface area contributed by atoms with Gasteiger partial charge in [0.25, 0.3) is 0 Å². The lowest BCUT2D eigenvalue weighted by atomic mass is 9.79. The van der Waals surface area contributed by atoms with Gasteiger partial charge in [-0.05, 0) is 43.9 Å². The van der Waals surface area contributed by atoms with E-state index in [9.17, 15) is 4.79 Å². The molecule has 1 aromatic rings. The summed E-state index contributed by atoms with van der Waals surface area (Å²) >= 11 is 6.25. The van der Waals surface area contributed by atoms with Crippen molar-refractivity contribution in [1.29, 1.82) is 0 Å². The highest BCUT2D eigenvalue weighted by atomic mass is 35.5. The third-order valence-electron chi connectivity index (χ3n) is 4.96. The van der Waals surface area contributed by atoms with Crippen molar-refractivity contribution in [3.05, 3.63) is 29.0 Å². The van der Waals surface area contributed by atoms with E-state index in [0.717, 1.165) is 49.4 Å². The van der Waals surface area contributed by atoms with Gasteiger partial charge in [-0.3, -0.25) is 14.7 Å². The lowest BCUT2D eigenvalue weighted by Gasteiger charge is -2.41. The Morgan fingerprint density at radius 2 is 2.10 bits per heavy atom. The average Bonchev–Trinajstić information content (AvgIpc) is 2.51. The summed E-state index contributed by atoms with van der Waals surface area (Å²) in [5.41, 5.74) is 1.13. The number of carbonyl (C=O) groups excluding carboxylic acids is 1. The first-order valence-corrected chi connectivity index (χ1v) is 8.48. The molecule has 0 spiro atoms. The number of aromatic nitrogens is 1. The second kappa shape index (κ2) is 6.89. The maximum atomic E-state index is 12.3. The van der Waals surface area contributed by atoms with Crippen LogP contribution in [-0.4, -0.2) is 28.3 Å². The summed E-state index contributed by atoms with van der Waals surface area (Å²) < 4.78 is 0. The molecule has 0 aromatic carbocycles. The van der Waals surface area contributed by atoms with Gasteiger partial charge in [0.1, 0.15) is 5.78 Å². The topological polar surface area (TPSA) is 33.2 Å². The Morgan fingerprint density at radius 1 is 1.24 bits per heavy atom. The van der Waals surface area contributed by atoms with Gasteiger partial charge in [-0.2, -0.15) is 0 Å². The smallest absolute Gasteiger partial charge is 0.137 e. The van der Waals surface area contributed by atoms with Crippen LogP contribution in [0.1, 0.15) is 50.5 Å². The highest BCUT2D eigenvalue weighted by Gasteiger charge is 2.35. The maximum absolute atomic E-state index is 12.3. The molecule has 2 atom stereocenters. The first-order valence-electron chi connectivity index (χ1n) is 8.11. The summed E-state index contributed by atoms with van der Waals surface area (Å²) in [7, 11) is 0. The van der Waals surface area contributed by atoms with Gasteiger partial charge in [0.2, 0.25) is 0 Å². The third-order valence-corrected chi connectivity index (χ3v) is 5.30. The molecule has 1 aliphatic carbocycles. The number of rotatable bonds is 3. The molecular weight excluding hydrogens is 284 g/mol. The molecule has 1 aromatic heterocycles. The zero-order valence-electron chi connectivity index (χ0n) is 12.4. The van der Waals surface area contributed by atoms with Crippen LogP contribution in [0, 0.1) is 5.92 Å². The van der Waals surface area contributed by atoms with Crippen molar-refractivity contribution in [2.75, 3.05) is 6.54 Å². The van der Waals surface area contributed by atoms with Gasteiger partial charge in [-0.25, -0.2) is 0 Å². The minimum atomic E-state index is 0.250. The number of pyridine rings is 1. The minimum absolute atomic E-state index is 0.250. The van der Waals surface area contributed by atoms with Crippen LogP contribution in [0.3, 0.4) is 0 Å². The average molecular weight is 307 g/mol. The van der Waals surface area contributed by atoms with Crippen molar-refractivity contribution >= 4 is 17.4 Å². The fourth-order valence-corrected chi connectivity index (χ4v) is 4.02. The van der Waals surface area contributed by atoms with Gasteiger partial charge in [0.15, 0.2) is 0 Å². The molecule has 21 heavy (non-hydrogen) atoms. The lowest BCUT2D eigenvalue weighted by Crippen LogP contribution is -2.47. The summed E-state index contributed by atoms with van der Waals surface area (Å²) in [5.74, 6) is 0.735. The van der Waals surface area contributed by atoms with Crippen molar-refractivity contribution in [2.24, 2.45) is 5.92 Å². The van der Waals surface area contributed by atoms with E-state index in [4.69, 9.17) is 11.6 Å². The molecule has 0 radical (unpaired) electrons. The Bertz CT molecular complexity index is 505. The molecule has 4 heteroatoms. The Labute approximate surface area is 131 Å². The second-order valence-electron chi connectivity index (χ2n) is 6.32. The van der Waals surface area contributed by atoms with E-state index >= 15 is 0 Å². The predicted octanol–water partition coefficient (Wildman–Crippen LogP) is 3.85. The highest BCUT2D eigenvalue weighted by molar-refractivity contribution is 6.31. The van der Waals surface area contributed by atoms with E-state index < -0.39 is 0 Å². The molecule has 3 nitrogen and oxygen atoms in total. The van der Waals surface area contributed by atoms with Crippen molar-refractivity contribution in [1.82, 2.24) is 9.88 Å². The normalized spacial score (nSPS) is 27.8. The molecular formula is C17H23ClN2O. The van der Waals surface area contributed by atoms with Crippen LogP contribution >= 0.6 is 11.6 Å². The Morgan fingerprint density at radius 3 is 2.90 bits per heavy atom. The molecule has 3 rings (SSSR count).